The lowest BCUT2D eigenvalue weighted by molar-refractivity contribution is -0.870. The summed E-state index contributed by atoms with van der Waals surface area (Å²) in [6.45, 7) is 4.56. The molecule has 10 heteroatoms. The average molecular weight is 569 g/mol. The van der Waals surface area contributed by atoms with Crippen molar-refractivity contribution < 1.29 is 41.9 Å². The number of likely N-dealkylation sites (N-methyl/N-ethyl adjacent to an activating group) is 1. The van der Waals surface area contributed by atoms with Gasteiger partial charge in [0.2, 0.25) is 0 Å². The Balaban J connectivity index is 3.99. The lowest BCUT2D eigenvalue weighted by Crippen LogP contribution is -2.37. The van der Waals surface area contributed by atoms with Gasteiger partial charge in [0.1, 0.15) is 26.0 Å². The fraction of sp³-hybridized carbons (Fsp3) is 0.929. The summed E-state index contributed by atoms with van der Waals surface area (Å²) in [5.74, 6) is 0. The summed E-state index contributed by atoms with van der Waals surface area (Å²) < 4.78 is 44.8. The van der Waals surface area contributed by atoms with Crippen LogP contribution in [0.1, 0.15) is 84.0 Å². The molecule has 0 aliphatic carbocycles. The summed E-state index contributed by atoms with van der Waals surface area (Å²) in [6, 6.07) is 0. The van der Waals surface area contributed by atoms with Gasteiger partial charge < -0.3 is 28.3 Å². The molecule has 0 saturated heterocycles. The molecule has 0 spiro atoms. The van der Waals surface area contributed by atoms with E-state index in [1.165, 1.54) is 64.2 Å². The fourth-order valence-corrected chi connectivity index (χ4v) is 4.18. The second-order valence-corrected chi connectivity index (χ2v) is 12.2. The van der Waals surface area contributed by atoms with Gasteiger partial charge >= 0.3 is 7.82 Å². The summed E-state index contributed by atoms with van der Waals surface area (Å²) in [4.78, 5) is 9.97. The van der Waals surface area contributed by atoms with E-state index in [1.807, 2.05) is 21.1 Å². The third-order valence-electron chi connectivity index (χ3n) is 5.86. The summed E-state index contributed by atoms with van der Waals surface area (Å²) >= 11 is 0. The minimum Gasteiger partial charge on any atom is -0.382 e. The molecular weight excluding hydrogens is 509 g/mol. The molecule has 0 amide bonds. The number of hydrogen-bond donors (Lipinski definition) is 1. The van der Waals surface area contributed by atoms with E-state index >= 15 is 0 Å². The van der Waals surface area contributed by atoms with Gasteiger partial charge in [0.05, 0.1) is 47.6 Å². The zero-order valence-corrected chi connectivity index (χ0v) is 26.0. The van der Waals surface area contributed by atoms with Crippen LogP contribution >= 0.6 is 7.82 Å². The molecule has 38 heavy (non-hydrogen) atoms. The maximum Gasteiger partial charge on any atom is 0.472 e. The maximum atomic E-state index is 12.2. The van der Waals surface area contributed by atoms with E-state index < -0.39 is 13.9 Å². The van der Waals surface area contributed by atoms with Crippen molar-refractivity contribution in [2.24, 2.45) is 0 Å². The van der Waals surface area contributed by atoms with Crippen molar-refractivity contribution in [2.45, 2.75) is 90.1 Å². The molecule has 1 N–H and O–H groups in total. The third-order valence-corrected chi connectivity index (χ3v) is 6.85. The number of nitrogens with zero attached hydrogens (tertiary/aromatic N) is 1. The van der Waals surface area contributed by atoms with Crippen molar-refractivity contribution in [1.82, 2.24) is 0 Å². The van der Waals surface area contributed by atoms with Gasteiger partial charge in [-0.3, -0.25) is 9.05 Å². The molecule has 228 valence electrons. The quantitative estimate of drug-likeness (QED) is 0.0380. The second-order valence-electron chi connectivity index (χ2n) is 10.7. The van der Waals surface area contributed by atoms with Crippen LogP contribution in [0.3, 0.4) is 0 Å². The highest BCUT2D eigenvalue weighted by Gasteiger charge is 2.25. The summed E-state index contributed by atoms with van der Waals surface area (Å²) in [7, 11) is 3.37. The number of methoxy groups -OCH3 is 1. The molecule has 9 nitrogen and oxygen atoms in total. The van der Waals surface area contributed by atoms with Crippen LogP contribution in [0, 0.1) is 0 Å². The Labute approximate surface area is 233 Å². The van der Waals surface area contributed by atoms with E-state index in [0.29, 0.717) is 30.8 Å². The first-order valence-corrected chi connectivity index (χ1v) is 16.0. The Morgan fingerprint density at radius 3 is 2.03 bits per heavy atom. The highest BCUT2D eigenvalue weighted by atomic mass is 31.2. The normalized spacial score (nSPS) is 14.8. The van der Waals surface area contributed by atoms with Crippen molar-refractivity contribution >= 4 is 7.82 Å². The molecule has 1 unspecified atom stereocenters. The molecule has 2 atom stereocenters. The highest BCUT2D eigenvalue weighted by molar-refractivity contribution is 7.47. The maximum absolute atomic E-state index is 12.2. The Hall–Kier alpha value is -0.350. The average Bonchev–Trinajstić information content (AvgIpc) is 2.85. The molecule has 0 bridgehead atoms. The van der Waals surface area contributed by atoms with Gasteiger partial charge in [0.15, 0.2) is 0 Å². The number of phosphoric acid groups is 1. The van der Waals surface area contributed by atoms with Gasteiger partial charge in [0.25, 0.3) is 0 Å². The van der Waals surface area contributed by atoms with Crippen LogP contribution in [-0.2, 0) is 32.6 Å². The van der Waals surface area contributed by atoms with Crippen LogP contribution in [0.25, 0.3) is 0 Å². The first-order chi connectivity index (χ1) is 18.2. The molecule has 0 aromatic heterocycles. The van der Waals surface area contributed by atoms with E-state index in [1.54, 1.807) is 7.11 Å². The van der Waals surface area contributed by atoms with Crippen molar-refractivity contribution in [2.75, 3.05) is 81.2 Å². The molecule has 0 aromatic carbocycles. The van der Waals surface area contributed by atoms with Gasteiger partial charge in [0, 0.05) is 13.7 Å². The lowest BCUT2D eigenvalue weighted by Gasteiger charge is -2.24. The van der Waals surface area contributed by atoms with E-state index in [4.69, 9.17) is 28.0 Å². The topological polar surface area (TPSA) is 92.7 Å². The summed E-state index contributed by atoms with van der Waals surface area (Å²) in [5.41, 5.74) is 0. The Kier molecular flexibility index (Phi) is 25.4. The Morgan fingerprint density at radius 1 is 0.763 bits per heavy atom. The molecule has 0 saturated carbocycles. The molecule has 0 rings (SSSR count). The predicted octanol–water partition coefficient (Wildman–Crippen LogP) is 6.11. The van der Waals surface area contributed by atoms with Crippen molar-refractivity contribution in [1.29, 1.82) is 0 Å². The minimum atomic E-state index is -4.17. The molecule has 0 aliphatic rings. The first-order valence-electron chi connectivity index (χ1n) is 14.5. The van der Waals surface area contributed by atoms with Gasteiger partial charge in [-0.05, 0) is 25.7 Å². The van der Waals surface area contributed by atoms with Gasteiger partial charge in [-0.1, -0.05) is 70.4 Å². The number of allylic oxidation sites excluding steroid dienone is 2. The molecule has 0 aromatic rings. The molecule has 0 aliphatic heterocycles. The minimum absolute atomic E-state index is 0.0218. The summed E-state index contributed by atoms with van der Waals surface area (Å²) in [6.07, 6.45) is 19.0. The summed E-state index contributed by atoms with van der Waals surface area (Å²) in [5, 5.41) is 0. The Morgan fingerprint density at radius 2 is 1.39 bits per heavy atom. The van der Waals surface area contributed by atoms with E-state index in [2.05, 4.69) is 19.1 Å². The van der Waals surface area contributed by atoms with Crippen LogP contribution in [0.15, 0.2) is 12.2 Å². The molecular formula is C28H59NO8P+. The Bertz CT molecular complexity index is 586. The largest absolute Gasteiger partial charge is 0.472 e. The van der Waals surface area contributed by atoms with Crippen molar-refractivity contribution in [3.05, 3.63) is 12.2 Å². The standard InChI is InChI=1S/C28H58NO8P/c1-6-7-8-9-10-11-12-13-14-15-16-17-18-19-21-33-25-28(35-27-34-24-23-32-5)26-37-38(30,31)36-22-20-29(2,3)4/h9-10,28H,6-8,11-27H2,1-5H3/p+1/b10-9-/t28-/m1/s1. The molecule has 0 fully saturated rings. The van der Waals surface area contributed by atoms with E-state index in [-0.39, 0.29) is 26.6 Å². The lowest BCUT2D eigenvalue weighted by atomic mass is 10.1. The molecule has 0 radical (unpaired) electrons. The van der Waals surface area contributed by atoms with Crippen LogP contribution in [0.2, 0.25) is 0 Å². The SMILES string of the molecule is CCCC/C=C\CCCCCCCCCCOC[C@H](COP(=O)(O)OCC[N+](C)(C)C)OCOCCOC. The first kappa shape index (κ1) is 37.6. The fourth-order valence-electron chi connectivity index (χ4n) is 3.43. The van der Waals surface area contributed by atoms with Crippen LogP contribution in [0.4, 0.5) is 0 Å². The van der Waals surface area contributed by atoms with Gasteiger partial charge in [-0.25, -0.2) is 4.57 Å². The third kappa shape index (κ3) is 28.7. The van der Waals surface area contributed by atoms with Gasteiger partial charge in [-0.2, -0.15) is 0 Å². The smallest absolute Gasteiger partial charge is 0.382 e. The number of hydrogen-bond acceptors (Lipinski definition) is 7. The molecule has 0 heterocycles. The zero-order valence-electron chi connectivity index (χ0n) is 25.1. The van der Waals surface area contributed by atoms with Gasteiger partial charge in [-0.15, -0.1) is 0 Å². The highest BCUT2D eigenvalue weighted by Crippen LogP contribution is 2.43. The number of quaternary nitrogens is 1. The van der Waals surface area contributed by atoms with E-state index in [9.17, 15) is 9.46 Å². The van der Waals surface area contributed by atoms with Crippen LogP contribution in [-0.4, -0.2) is 96.7 Å². The van der Waals surface area contributed by atoms with Crippen LogP contribution in [0.5, 0.6) is 0 Å². The predicted molar refractivity (Wildman–Crippen MR) is 153 cm³/mol. The number of unbranched alkanes of at least 4 members (excludes halogenated alkanes) is 10. The number of rotatable bonds is 29. The second kappa shape index (κ2) is 25.6. The van der Waals surface area contributed by atoms with Crippen LogP contribution < -0.4 is 0 Å². The number of phosphoric ester groups is 1. The van der Waals surface area contributed by atoms with Crippen molar-refractivity contribution in [3.8, 4) is 0 Å². The zero-order chi connectivity index (χ0) is 28.4. The monoisotopic (exact) mass is 568 g/mol. The van der Waals surface area contributed by atoms with Crippen molar-refractivity contribution in [3.63, 3.8) is 0 Å². The van der Waals surface area contributed by atoms with E-state index in [0.717, 1.165) is 12.8 Å². The number of ether oxygens (including phenoxy) is 4.